The summed E-state index contributed by atoms with van der Waals surface area (Å²) in [7, 11) is 0. The van der Waals surface area contributed by atoms with Crippen molar-refractivity contribution in [2.75, 3.05) is 45.1 Å². The molecule has 1 unspecified atom stereocenters. The van der Waals surface area contributed by atoms with Gasteiger partial charge in [-0.3, -0.25) is 4.90 Å². The lowest BCUT2D eigenvalue weighted by Crippen LogP contribution is -2.38. The van der Waals surface area contributed by atoms with Crippen LogP contribution in [0.3, 0.4) is 0 Å². The van der Waals surface area contributed by atoms with E-state index in [1.165, 1.54) is 18.8 Å². The van der Waals surface area contributed by atoms with Crippen LogP contribution in [0, 0.1) is 0 Å². The first-order valence-electron chi connectivity index (χ1n) is 4.94. The molecule has 0 radical (unpaired) electrons. The van der Waals surface area contributed by atoms with Crippen molar-refractivity contribution in [3.05, 3.63) is 0 Å². The lowest BCUT2D eigenvalue weighted by molar-refractivity contribution is 0.111. The van der Waals surface area contributed by atoms with Gasteiger partial charge in [0.05, 0.1) is 13.2 Å². The van der Waals surface area contributed by atoms with Crippen LogP contribution in [0.5, 0.6) is 0 Å². The number of hydrogen-bond acceptors (Lipinski definition) is 4. The Morgan fingerprint density at radius 1 is 1.54 bits per heavy atom. The molecule has 0 aromatic carbocycles. The van der Waals surface area contributed by atoms with Gasteiger partial charge in [-0.1, -0.05) is 6.92 Å². The Kier molecular flexibility index (Phi) is 5.78. The van der Waals surface area contributed by atoms with E-state index in [0.717, 1.165) is 18.4 Å². The fourth-order valence-corrected chi connectivity index (χ4v) is 2.55. The highest BCUT2D eigenvalue weighted by atomic mass is 32.2. The molecule has 1 aliphatic heterocycles. The Balaban J connectivity index is 2.00. The molecule has 0 saturated carbocycles. The van der Waals surface area contributed by atoms with Crippen molar-refractivity contribution in [2.45, 2.75) is 12.2 Å². The molecule has 1 aliphatic rings. The molecule has 1 rings (SSSR count). The number of nitrogens with zero attached hydrogens (tertiary/aromatic N) is 1. The van der Waals surface area contributed by atoms with Gasteiger partial charge in [0.2, 0.25) is 0 Å². The molecule has 1 heterocycles. The third-order valence-electron chi connectivity index (χ3n) is 2.14. The van der Waals surface area contributed by atoms with E-state index in [1.807, 2.05) is 0 Å². The number of nitrogens with two attached hydrogens (primary N) is 1. The minimum absolute atomic E-state index is 0.631. The van der Waals surface area contributed by atoms with Gasteiger partial charge in [-0.25, -0.2) is 0 Å². The number of hydrogen-bond donors (Lipinski definition) is 1. The summed E-state index contributed by atoms with van der Waals surface area (Å²) >= 11 is 2.06. The molecule has 0 aromatic heterocycles. The van der Waals surface area contributed by atoms with E-state index in [1.54, 1.807) is 0 Å². The zero-order chi connectivity index (χ0) is 9.52. The van der Waals surface area contributed by atoms with Crippen molar-refractivity contribution in [1.82, 2.24) is 4.90 Å². The summed E-state index contributed by atoms with van der Waals surface area (Å²) in [6.45, 7) is 7.92. The van der Waals surface area contributed by atoms with Crippen molar-refractivity contribution in [1.29, 1.82) is 0 Å². The Labute approximate surface area is 85.0 Å². The zero-order valence-electron chi connectivity index (χ0n) is 8.37. The largest absolute Gasteiger partial charge is 0.379 e. The summed E-state index contributed by atoms with van der Waals surface area (Å²) in [4.78, 5) is 2.47. The molecule has 1 atom stereocenters. The molecule has 4 heteroatoms. The molecule has 78 valence electrons. The summed E-state index contributed by atoms with van der Waals surface area (Å²) in [5, 5.41) is 0.781. The average Bonchev–Trinajstić information content (AvgIpc) is 2.13. The van der Waals surface area contributed by atoms with Gasteiger partial charge in [-0.15, -0.1) is 0 Å². The summed E-state index contributed by atoms with van der Waals surface area (Å²) in [5.41, 5.74) is 5.33. The Morgan fingerprint density at radius 3 is 3.08 bits per heavy atom. The Hall–Kier alpha value is 0.230. The zero-order valence-corrected chi connectivity index (χ0v) is 9.18. The van der Waals surface area contributed by atoms with Crippen molar-refractivity contribution in [3.63, 3.8) is 0 Å². The van der Waals surface area contributed by atoms with Crippen LogP contribution in [0.2, 0.25) is 0 Å². The highest BCUT2D eigenvalue weighted by Gasteiger charge is 2.15. The van der Waals surface area contributed by atoms with E-state index in [-0.39, 0.29) is 0 Å². The molecular formula is C9H20N2OS. The third kappa shape index (κ3) is 4.86. The lowest BCUT2D eigenvalue weighted by atomic mass is 10.4. The highest BCUT2D eigenvalue weighted by Crippen LogP contribution is 2.16. The first-order valence-corrected chi connectivity index (χ1v) is 5.99. The molecule has 2 N–H and O–H groups in total. The quantitative estimate of drug-likeness (QED) is 0.658. The van der Waals surface area contributed by atoms with Gasteiger partial charge >= 0.3 is 0 Å². The van der Waals surface area contributed by atoms with Gasteiger partial charge in [0.15, 0.2) is 0 Å². The molecule has 1 saturated heterocycles. The summed E-state index contributed by atoms with van der Waals surface area (Å²) in [6, 6.07) is 0. The molecule has 0 amide bonds. The number of thioether (sulfide) groups is 1. The van der Waals surface area contributed by atoms with Crippen LogP contribution in [-0.4, -0.2) is 55.3 Å². The molecule has 0 aliphatic carbocycles. The second kappa shape index (κ2) is 6.65. The standard InChI is InChI=1S/C9H20N2OS/c1-9-8-11(4-7-13-9)3-6-12-5-2-10/h9H,2-8,10H2,1H3. The first-order chi connectivity index (χ1) is 6.33. The van der Waals surface area contributed by atoms with Gasteiger partial charge < -0.3 is 10.5 Å². The fourth-order valence-electron chi connectivity index (χ4n) is 1.47. The topological polar surface area (TPSA) is 38.5 Å². The van der Waals surface area contributed by atoms with E-state index in [9.17, 15) is 0 Å². The van der Waals surface area contributed by atoms with Crippen molar-refractivity contribution in [2.24, 2.45) is 5.73 Å². The monoisotopic (exact) mass is 204 g/mol. The molecule has 3 nitrogen and oxygen atoms in total. The van der Waals surface area contributed by atoms with Crippen LogP contribution >= 0.6 is 11.8 Å². The van der Waals surface area contributed by atoms with E-state index in [2.05, 4.69) is 23.6 Å². The van der Waals surface area contributed by atoms with Crippen LogP contribution < -0.4 is 5.73 Å². The molecular weight excluding hydrogens is 184 g/mol. The first kappa shape index (κ1) is 11.3. The molecule has 0 bridgehead atoms. The van der Waals surface area contributed by atoms with Crippen LogP contribution in [0.4, 0.5) is 0 Å². The number of rotatable bonds is 5. The lowest BCUT2D eigenvalue weighted by Gasteiger charge is -2.30. The number of ether oxygens (including phenoxy) is 1. The summed E-state index contributed by atoms with van der Waals surface area (Å²) in [5.74, 6) is 1.26. The maximum absolute atomic E-state index is 5.35. The molecule has 0 aromatic rings. The second-order valence-corrected chi connectivity index (χ2v) is 4.93. The minimum Gasteiger partial charge on any atom is -0.379 e. The van der Waals surface area contributed by atoms with Gasteiger partial charge in [-0.05, 0) is 0 Å². The molecule has 13 heavy (non-hydrogen) atoms. The Bertz CT molecular complexity index is 135. The van der Waals surface area contributed by atoms with Crippen LogP contribution in [-0.2, 0) is 4.74 Å². The van der Waals surface area contributed by atoms with Crippen LogP contribution in [0.1, 0.15) is 6.92 Å². The summed E-state index contributed by atoms with van der Waals surface area (Å²) in [6.07, 6.45) is 0. The normalized spacial score (nSPS) is 24.9. The average molecular weight is 204 g/mol. The van der Waals surface area contributed by atoms with Crippen LogP contribution in [0.25, 0.3) is 0 Å². The smallest absolute Gasteiger partial charge is 0.0594 e. The fraction of sp³-hybridized carbons (Fsp3) is 1.00. The summed E-state index contributed by atoms with van der Waals surface area (Å²) < 4.78 is 5.35. The van der Waals surface area contributed by atoms with Gasteiger partial charge in [0.25, 0.3) is 0 Å². The van der Waals surface area contributed by atoms with Crippen LogP contribution in [0.15, 0.2) is 0 Å². The predicted octanol–water partition coefficient (Wildman–Crippen LogP) is 0.399. The Morgan fingerprint density at radius 2 is 2.38 bits per heavy atom. The van der Waals surface area contributed by atoms with Crippen molar-refractivity contribution in [3.8, 4) is 0 Å². The maximum Gasteiger partial charge on any atom is 0.0594 e. The van der Waals surface area contributed by atoms with E-state index in [4.69, 9.17) is 10.5 Å². The second-order valence-electron chi connectivity index (χ2n) is 3.38. The third-order valence-corrected chi connectivity index (χ3v) is 3.28. The maximum atomic E-state index is 5.35. The van der Waals surface area contributed by atoms with E-state index in [0.29, 0.717) is 13.2 Å². The SMILES string of the molecule is CC1CN(CCOCCN)CCS1. The highest BCUT2D eigenvalue weighted by molar-refractivity contribution is 7.99. The van der Waals surface area contributed by atoms with Crippen molar-refractivity contribution >= 4 is 11.8 Å². The molecule has 0 spiro atoms. The predicted molar refractivity (Wildman–Crippen MR) is 58.2 cm³/mol. The van der Waals surface area contributed by atoms with Gasteiger partial charge in [-0.2, -0.15) is 11.8 Å². The van der Waals surface area contributed by atoms with E-state index < -0.39 is 0 Å². The van der Waals surface area contributed by atoms with Crippen molar-refractivity contribution < 1.29 is 4.74 Å². The molecule has 1 fully saturated rings. The van der Waals surface area contributed by atoms with Gasteiger partial charge in [0, 0.05) is 37.2 Å². The van der Waals surface area contributed by atoms with Gasteiger partial charge in [0.1, 0.15) is 0 Å². The van der Waals surface area contributed by atoms with E-state index >= 15 is 0 Å². The minimum atomic E-state index is 0.631.